The number of aliphatic carboxylic acids is 1. The molecule has 0 radical (unpaired) electrons. The first-order chi connectivity index (χ1) is 16.7. The Balaban J connectivity index is 1.75. The smallest absolute Gasteiger partial charge is 0.341 e. The van der Waals surface area contributed by atoms with Crippen LogP contribution < -0.4 is 19.5 Å². The number of nitrogens with one attached hydrogen (secondary N) is 1. The Kier molecular flexibility index (Phi) is 8.77. The summed E-state index contributed by atoms with van der Waals surface area (Å²) in [6.45, 7) is 1.06. The number of hydrogen-bond donors (Lipinski definition) is 2. The van der Waals surface area contributed by atoms with Gasteiger partial charge in [-0.2, -0.15) is 0 Å². The molecule has 0 atom stereocenters. The minimum Gasteiger partial charge on any atom is -0.497 e. The predicted octanol–water partition coefficient (Wildman–Crippen LogP) is 3.99. The van der Waals surface area contributed by atoms with E-state index >= 15 is 0 Å². The molecule has 2 aromatic rings. The lowest BCUT2D eigenvalue weighted by atomic mass is 10.1. The number of nitrogens with zero attached hydrogens (tertiary/aromatic N) is 1. The lowest BCUT2D eigenvalue weighted by molar-refractivity contribution is -0.139. The monoisotopic (exact) mass is 564 g/mol. The number of imide groups is 1. The first-order valence-electron chi connectivity index (χ1n) is 10.2. The number of carboxylic acids is 1. The zero-order valence-corrected chi connectivity index (χ0v) is 21.1. The zero-order valence-electron chi connectivity index (χ0n) is 18.7. The summed E-state index contributed by atoms with van der Waals surface area (Å²) in [5.74, 6) is -1.17. The lowest BCUT2D eigenvalue weighted by Gasteiger charge is -2.13. The van der Waals surface area contributed by atoms with Crippen LogP contribution in [0.5, 0.6) is 17.2 Å². The average Bonchev–Trinajstić information content (AvgIpc) is 3.07. The van der Waals surface area contributed by atoms with Crippen LogP contribution in [0.3, 0.4) is 0 Å². The number of carbonyl (C=O) groups excluding carboxylic acids is 3. The van der Waals surface area contributed by atoms with E-state index in [1.165, 1.54) is 19.3 Å². The number of anilines is 1. The van der Waals surface area contributed by atoms with E-state index in [0.29, 0.717) is 39.8 Å². The second-order valence-corrected chi connectivity index (χ2v) is 8.83. The molecule has 0 unspecified atom stereocenters. The molecule has 1 heterocycles. The van der Waals surface area contributed by atoms with Gasteiger partial charge in [0.25, 0.3) is 11.1 Å². The molecule has 2 N–H and O–H groups in total. The van der Waals surface area contributed by atoms with Crippen LogP contribution in [0.2, 0.25) is 0 Å². The van der Waals surface area contributed by atoms with Gasteiger partial charge in [-0.1, -0.05) is 15.9 Å². The minimum atomic E-state index is -1.14. The molecule has 12 heteroatoms. The maximum Gasteiger partial charge on any atom is 0.341 e. The fourth-order valence-electron chi connectivity index (χ4n) is 2.98. The van der Waals surface area contributed by atoms with Crippen molar-refractivity contribution in [3.63, 3.8) is 0 Å². The Labute approximate surface area is 213 Å². The van der Waals surface area contributed by atoms with Gasteiger partial charge in [-0.3, -0.25) is 19.3 Å². The van der Waals surface area contributed by atoms with E-state index in [1.807, 2.05) is 0 Å². The maximum atomic E-state index is 12.8. The van der Waals surface area contributed by atoms with Gasteiger partial charge in [0, 0.05) is 10.2 Å². The molecule has 0 aromatic heterocycles. The van der Waals surface area contributed by atoms with Crippen molar-refractivity contribution in [3.05, 3.63) is 51.3 Å². The molecule has 0 aliphatic carbocycles. The third-order valence-corrected chi connectivity index (χ3v) is 6.14. The van der Waals surface area contributed by atoms with Crippen molar-refractivity contribution >= 4 is 62.5 Å². The molecule has 35 heavy (non-hydrogen) atoms. The third kappa shape index (κ3) is 6.76. The van der Waals surface area contributed by atoms with Gasteiger partial charge in [0.1, 0.15) is 12.3 Å². The number of hydrogen-bond acceptors (Lipinski definition) is 8. The van der Waals surface area contributed by atoms with Crippen LogP contribution >= 0.6 is 27.7 Å². The van der Waals surface area contributed by atoms with Crippen LogP contribution in [0.4, 0.5) is 10.5 Å². The predicted molar refractivity (Wildman–Crippen MR) is 133 cm³/mol. The van der Waals surface area contributed by atoms with Crippen molar-refractivity contribution in [2.24, 2.45) is 0 Å². The van der Waals surface area contributed by atoms with Crippen molar-refractivity contribution in [2.75, 3.05) is 32.2 Å². The minimum absolute atomic E-state index is 0.120. The first kappa shape index (κ1) is 26.1. The van der Waals surface area contributed by atoms with Gasteiger partial charge in [-0.25, -0.2) is 4.79 Å². The number of carboxylic acid groups (broad SMARTS) is 1. The molecule has 3 rings (SSSR count). The Morgan fingerprint density at radius 2 is 1.83 bits per heavy atom. The van der Waals surface area contributed by atoms with Gasteiger partial charge < -0.3 is 24.6 Å². The van der Waals surface area contributed by atoms with Gasteiger partial charge >= 0.3 is 5.97 Å². The molecule has 3 amide bonds. The Morgan fingerprint density at radius 3 is 2.46 bits per heavy atom. The zero-order chi connectivity index (χ0) is 25.5. The molecule has 184 valence electrons. The van der Waals surface area contributed by atoms with Crippen LogP contribution in [0, 0.1) is 0 Å². The largest absolute Gasteiger partial charge is 0.497 e. The number of amides is 3. The number of halogens is 1. The van der Waals surface area contributed by atoms with Crippen LogP contribution in [0.25, 0.3) is 6.08 Å². The number of carbonyl (C=O) groups is 4. The second-order valence-electron chi connectivity index (χ2n) is 6.98. The normalized spacial score (nSPS) is 14.3. The van der Waals surface area contributed by atoms with E-state index in [-0.39, 0.29) is 16.4 Å². The molecular formula is C23H21BrN2O8S. The van der Waals surface area contributed by atoms with Crippen molar-refractivity contribution in [2.45, 2.75) is 6.92 Å². The number of methoxy groups -OCH3 is 1. The van der Waals surface area contributed by atoms with E-state index in [0.717, 1.165) is 4.90 Å². The highest BCUT2D eigenvalue weighted by molar-refractivity contribution is 9.10. The first-order valence-corrected chi connectivity index (χ1v) is 11.8. The molecule has 0 bridgehead atoms. The summed E-state index contributed by atoms with van der Waals surface area (Å²) in [5, 5.41) is 10.9. The van der Waals surface area contributed by atoms with Gasteiger partial charge in [0.15, 0.2) is 18.1 Å². The summed E-state index contributed by atoms with van der Waals surface area (Å²) >= 11 is 4.07. The van der Waals surface area contributed by atoms with Crippen molar-refractivity contribution in [3.8, 4) is 17.2 Å². The van der Waals surface area contributed by atoms with E-state index in [4.69, 9.17) is 19.3 Å². The quantitative estimate of drug-likeness (QED) is 0.411. The number of thioether (sulfide) groups is 1. The average molecular weight is 565 g/mol. The molecule has 1 aliphatic rings. The Bertz CT molecular complexity index is 1180. The maximum absolute atomic E-state index is 12.8. The molecule has 0 spiro atoms. The van der Waals surface area contributed by atoms with E-state index < -0.39 is 36.2 Å². The molecule has 0 saturated carbocycles. The molecule has 10 nitrogen and oxygen atoms in total. The summed E-state index contributed by atoms with van der Waals surface area (Å²) in [6.07, 6.45) is 1.49. The van der Waals surface area contributed by atoms with Crippen LogP contribution in [-0.2, 0) is 14.4 Å². The fourth-order valence-corrected chi connectivity index (χ4v) is 4.24. The molecular weight excluding hydrogens is 544 g/mol. The SMILES string of the molecule is CCOc1cc(/C=C2/SC(=O)N(CC(=O)Nc3ccc(OC)cc3)C2=O)c(Br)cc1OCC(=O)O. The Hall–Kier alpha value is -3.51. The number of rotatable bonds is 10. The molecule has 2 aromatic carbocycles. The lowest BCUT2D eigenvalue weighted by Crippen LogP contribution is -2.36. The fraction of sp³-hybridized carbons (Fsp3) is 0.217. The topological polar surface area (TPSA) is 131 Å². The van der Waals surface area contributed by atoms with Crippen LogP contribution in [0.15, 0.2) is 45.8 Å². The number of ether oxygens (including phenoxy) is 3. The summed E-state index contributed by atoms with van der Waals surface area (Å²) in [4.78, 5) is 49.5. The van der Waals surface area contributed by atoms with Crippen molar-refractivity contribution < 1.29 is 38.5 Å². The highest BCUT2D eigenvalue weighted by Crippen LogP contribution is 2.38. The van der Waals surface area contributed by atoms with E-state index in [9.17, 15) is 19.2 Å². The molecule has 1 fully saturated rings. The molecule has 1 saturated heterocycles. The second kappa shape index (κ2) is 11.8. The highest BCUT2D eigenvalue weighted by Gasteiger charge is 2.36. The van der Waals surface area contributed by atoms with E-state index in [2.05, 4.69) is 21.2 Å². The third-order valence-electron chi connectivity index (χ3n) is 4.55. The van der Waals surface area contributed by atoms with Crippen LogP contribution in [-0.4, -0.2) is 59.9 Å². The standard InChI is InChI=1S/C23H21BrN2O8S/c1-3-33-17-8-13(16(24)10-18(17)34-12-21(28)29)9-19-22(30)26(23(31)35-19)11-20(27)25-14-4-6-15(32-2)7-5-14/h4-10H,3,11-12H2,1-2H3,(H,25,27)(H,28,29)/b19-9+. The van der Waals surface area contributed by atoms with Crippen molar-refractivity contribution in [1.29, 1.82) is 0 Å². The summed E-state index contributed by atoms with van der Waals surface area (Å²) in [5.41, 5.74) is 1.00. The van der Waals surface area contributed by atoms with Gasteiger partial charge in [0.2, 0.25) is 5.91 Å². The van der Waals surface area contributed by atoms with Gasteiger partial charge in [-0.15, -0.1) is 0 Å². The Morgan fingerprint density at radius 1 is 1.14 bits per heavy atom. The molecule has 1 aliphatic heterocycles. The van der Waals surface area contributed by atoms with Crippen LogP contribution in [0.1, 0.15) is 12.5 Å². The summed E-state index contributed by atoms with van der Waals surface area (Å²) in [7, 11) is 1.53. The van der Waals surface area contributed by atoms with Crippen molar-refractivity contribution in [1.82, 2.24) is 4.90 Å². The summed E-state index contributed by atoms with van der Waals surface area (Å²) in [6, 6.07) is 9.71. The van der Waals surface area contributed by atoms with E-state index in [1.54, 1.807) is 37.3 Å². The number of benzene rings is 2. The van der Waals surface area contributed by atoms with Gasteiger partial charge in [-0.05, 0) is 66.7 Å². The highest BCUT2D eigenvalue weighted by atomic mass is 79.9. The summed E-state index contributed by atoms with van der Waals surface area (Å²) < 4.78 is 16.3. The van der Waals surface area contributed by atoms with Gasteiger partial charge in [0.05, 0.1) is 18.6 Å².